The van der Waals surface area contributed by atoms with Crippen LogP contribution in [0.3, 0.4) is 0 Å². The van der Waals surface area contributed by atoms with Crippen LogP contribution in [0.1, 0.15) is 6.42 Å². The molecule has 0 aromatic heterocycles. The van der Waals surface area contributed by atoms with Crippen molar-refractivity contribution in [3.05, 3.63) is 0 Å². The van der Waals surface area contributed by atoms with Crippen molar-refractivity contribution in [1.29, 1.82) is 0 Å². The fourth-order valence-corrected chi connectivity index (χ4v) is 4.23. The van der Waals surface area contributed by atoms with E-state index >= 15 is 0 Å². The summed E-state index contributed by atoms with van der Waals surface area (Å²) in [6.07, 6.45) is 0.568. The smallest absolute Gasteiger partial charge is 0.320 e. The normalized spacial score (nSPS) is 28.3. The average Bonchev–Trinajstić information content (AvgIpc) is 2.69. The van der Waals surface area contributed by atoms with Gasteiger partial charge in [-0.1, -0.05) is 0 Å². The maximum Gasteiger partial charge on any atom is 0.320 e. The molecule has 2 fully saturated rings. The van der Waals surface area contributed by atoms with Gasteiger partial charge in [-0.05, 0) is 13.5 Å². The maximum absolute atomic E-state index is 12.2. The van der Waals surface area contributed by atoms with Crippen LogP contribution in [-0.2, 0) is 9.84 Å². The van der Waals surface area contributed by atoms with Gasteiger partial charge in [-0.3, -0.25) is 0 Å². The lowest BCUT2D eigenvalue weighted by molar-refractivity contribution is 0.120. The number of rotatable bonds is 1. The monoisotopic (exact) mass is 275 g/mol. The summed E-state index contributed by atoms with van der Waals surface area (Å²) in [6, 6.07) is -0.188. The maximum atomic E-state index is 12.2. The molecule has 2 rings (SSSR count). The molecule has 18 heavy (non-hydrogen) atoms. The van der Waals surface area contributed by atoms with E-state index in [0.717, 1.165) is 26.2 Å². The number of sulfone groups is 1. The summed E-state index contributed by atoms with van der Waals surface area (Å²) in [6.45, 7) is 3.20. The first-order valence-electron chi connectivity index (χ1n) is 6.30. The summed E-state index contributed by atoms with van der Waals surface area (Å²) in [5, 5.41) is 0. The highest BCUT2D eigenvalue weighted by molar-refractivity contribution is 7.91. The molecule has 0 radical (unpaired) electrons. The second-order valence-electron chi connectivity index (χ2n) is 5.24. The minimum atomic E-state index is -2.93. The minimum Gasteiger partial charge on any atom is -0.324 e. The number of hydrogen-bond acceptors (Lipinski definition) is 4. The molecule has 1 unspecified atom stereocenters. The molecule has 0 saturated carbocycles. The molecule has 0 bridgehead atoms. The second kappa shape index (κ2) is 5.05. The summed E-state index contributed by atoms with van der Waals surface area (Å²) < 4.78 is 22.9. The van der Waals surface area contributed by atoms with E-state index in [9.17, 15) is 13.2 Å². The first-order chi connectivity index (χ1) is 8.39. The summed E-state index contributed by atoms with van der Waals surface area (Å²) >= 11 is 0. The minimum absolute atomic E-state index is 0.0369. The van der Waals surface area contributed by atoms with Gasteiger partial charge in [-0.2, -0.15) is 0 Å². The molecule has 0 aromatic carbocycles. The quantitative estimate of drug-likeness (QED) is 0.645. The van der Waals surface area contributed by atoms with Gasteiger partial charge in [0.2, 0.25) is 0 Å². The molecular weight excluding hydrogens is 254 g/mol. The third-order valence-electron chi connectivity index (χ3n) is 3.83. The Kier molecular flexibility index (Phi) is 3.82. The number of likely N-dealkylation sites (N-methyl/N-ethyl adjacent to an activating group) is 1. The fraction of sp³-hybridized carbons (Fsp3) is 0.909. The first-order valence-corrected chi connectivity index (χ1v) is 8.12. The lowest BCUT2D eigenvalue weighted by Gasteiger charge is -2.36. The lowest BCUT2D eigenvalue weighted by Crippen LogP contribution is -2.53. The zero-order valence-corrected chi connectivity index (χ0v) is 11.8. The number of carbonyl (C=O) groups is 1. The average molecular weight is 275 g/mol. The summed E-state index contributed by atoms with van der Waals surface area (Å²) in [4.78, 5) is 17.8. The van der Waals surface area contributed by atoms with Crippen LogP contribution in [0.2, 0.25) is 0 Å². The van der Waals surface area contributed by atoms with Gasteiger partial charge < -0.3 is 14.7 Å². The highest BCUT2D eigenvalue weighted by Crippen LogP contribution is 2.18. The number of nitrogens with zero attached hydrogens (tertiary/aromatic N) is 3. The Morgan fingerprint density at radius 2 is 1.83 bits per heavy atom. The van der Waals surface area contributed by atoms with Gasteiger partial charge in [-0.25, -0.2) is 13.2 Å². The molecule has 2 aliphatic rings. The van der Waals surface area contributed by atoms with E-state index in [1.807, 2.05) is 11.9 Å². The molecule has 7 heteroatoms. The predicted octanol–water partition coefficient (Wildman–Crippen LogP) is -0.527. The van der Waals surface area contributed by atoms with Gasteiger partial charge in [0.1, 0.15) is 0 Å². The van der Waals surface area contributed by atoms with E-state index in [4.69, 9.17) is 0 Å². The summed E-state index contributed by atoms with van der Waals surface area (Å²) in [5.41, 5.74) is 0. The largest absolute Gasteiger partial charge is 0.324 e. The SMILES string of the molecule is CN1CCN(C(=O)N(C)C2CCS(=O)(=O)C2)CC1. The number of carbonyl (C=O) groups excluding carboxylic acids is 1. The van der Waals surface area contributed by atoms with Crippen molar-refractivity contribution in [3.63, 3.8) is 0 Å². The molecule has 104 valence electrons. The molecule has 2 heterocycles. The molecular formula is C11H21N3O3S. The molecule has 0 aromatic rings. The summed E-state index contributed by atoms with van der Waals surface area (Å²) in [7, 11) is 0.817. The van der Waals surface area contributed by atoms with Crippen molar-refractivity contribution < 1.29 is 13.2 Å². The van der Waals surface area contributed by atoms with E-state index in [-0.39, 0.29) is 23.6 Å². The van der Waals surface area contributed by atoms with Crippen molar-refractivity contribution in [2.24, 2.45) is 0 Å². The van der Waals surface area contributed by atoms with E-state index in [1.54, 1.807) is 11.9 Å². The molecule has 2 saturated heterocycles. The number of hydrogen-bond donors (Lipinski definition) is 0. The third kappa shape index (κ3) is 2.95. The zero-order valence-electron chi connectivity index (χ0n) is 11.0. The lowest BCUT2D eigenvalue weighted by atomic mass is 10.2. The highest BCUT2D eigenvalue weighted by atomic mass is 32.2. The molecule has 0 spiro atoms. The number of urea groups is 1. The fourth-order valence-electron chi connectivity index (χ4n) is 2.46. The van der Waals surface area contributed by atoms with Crippen molar-refractivity contribution in [1.82, 2.24) is 14.7 Å². The zero-order chi connectivity index (χ0) is 13.3. The Balaban J connectivity index is 1.93. The van der Waals surface area contributed by atoms with Gasteiger partial charge in [0.25, 0.3) is 0 Å². The molecule has 2 amide bonds. The van der Waals surface area contributed by atoms with Crippen molar-refractivity contribution in [3.8, 4) is 0 Å². The Morgan fingerprint density at radius 3 is 2.33 bits per heavy atom. The van der Waals surface area contributed by atoms with Crippen LogP contribution < -0.4 is 0 Å². The number of amides is 2. The molecule has 0 aliphatic carbocycles. The Labute approximate surface area is 108 Å². The van der Waals surface area contributed by atoms with E-state index < -0.39 is 9.84 Å². The molecule has 1 atom stereocenters. The van der Waals surface area contributed by atoms with E-state index in [1.165, 1.54) is 0 Å². The van der Waals surface area contributed by atoms with Crippen LogP contribution in [0.15, 0.2) is 0 Å². The highest BCUT2D eigenvalue weighted by Gasteiger charge is 2.34. The standard InChI is InChI=1S/C11H21N3O3S/c1-12-4-6-14(7-5-12)11(15)13(2)10-3-8-18(16,17)9-10/h10H,3-9H2,1-2H3. The predicted molar refractivity (Wildman–Crippen MR) is 69.3 cm³/mol. The van der Waals surface area contributed by atoms with Crippen LogP contribution in [0.5, 0.6) is 0 Å². The first kappa shape index (κ1) is 13.6. The van der Waals surface area contributed by atoms with Gasteiger partial charge in [-0.15, -0.1) is 0 Å². The topological polar surface area (TPSA) is 60.9 Å². The molecule has 2 aliphatic heterocycles. The third-order valence-corrected chi connectivity index (χ3v) is 5.58. The van der Waals surface area contributed by atoms with Gasteiger partial charge in [0.05, 0.1) is 11.5 Å². The summed E-state index contributed by atoms with van der Waals surface area (Å²) in [5.74, 6) is 0.320. The molecule has 0 N–H and O–H groups in total. The Morgan fingerprint density at radius 1 is 1.22 bits per heavy atom. The van der Waals surface area contributed by atoms with Crippen LogP contribution in [0.25, 0.3) is 0 Å². The van der Waals surface area contributed by atoms with Gasteiger partial charge in [0, 0.05) is 39.3 Å². The van der Waals surface area contributed by atoms with Crippen LogP contribution in [-0.4, -0.2) is 87.0 Å². The second-order valence-corrected chi connectivity index (χ2v) is 7.47. The van der Waals surface area contributed by atoms with Gasteiger partial charge >= 0.3 is 6.03 Å². The van der Waals surface area contributed by atoms with Crippen molar-refractivity contribution >= 4 is 15.9 Å². The van der Waals surface area contributed by atoms with E-state index in [0.29, 0.717) is 6.42 Å². The van der Waals surface area contributed by atoms with Crippen LogP contribution in [0, 0.1) is 0 Å². The van der Waals surface area contributed by atoms with E-state index in [2.05, 4.69) is 4.90 Å². The Bertz CT molecular complexity index is 415. The molecule has 6 nitrogen and oxygen atoms in total. The van der Waals surface area contributed by atoms with Crippen LogP contribution in [0.4, 0.5) is 4.79 Å². The Hall–Kier alpha value is -0.820. The van der Waals surface area contributed by atoms with Crippen molar-refractivity contribution in [2.75, 3.05) is 51.8 Å². The van der Waals surface area contributed by atoms with Crippen molar-refractivity contribution in [2.45, 2.75) is 12.5 Å². The van der Waals surface area contributed by atoms with Crippen LogP contribution >= 0.6 is 0 Å². The number of piperazine rings is 1. The van der Waals surface area contributed by atoms with Gasteiger partial charge in [0.15, 0.2) is 9.84 Å².